The number of aromatic nitrogens is 5. The second-order valence-corrected chi connectivity index (χ2v) is 9.68. The van der Waals surface area contributed by atoms with Gasteiger partial charge in [-0.25, -0.2) is 4.68 Å². The second kappa shape index (κ2) is 10.2. The maximum absolute atomic E-state index is 13.0. The first kappa shape index (κ1) is 24.3. The van der Waals surface area contributed by atoms with Crippen LogP contribution in [0.4, 0.5) is 0 Å². The molecule has 0 radical (unpaired) electrons. The number of pyridine rings is 1. The molecular formula is C25H36N6O3. The van der Waals surface area contributed by atoms with Gasteiger partial charge in [-0.1, -0.05) is 13.8 Å². The maximum atomic E-state index is 13.0. The fraction of sp³-hybridized carbons (Fsp3) is 0.600. The van der Waals surface area contributed by atoms with E-state index in [9.17, 15) is 4.79 Å². The van der Waals surface area contributed by atoms with Crippen LogP contribution in [0.3, 0.4) is 0 Å². The molecule has 184 valence electrons. The number of methoxy groups -OCH3 is 1. The topological polar surface area (TPSA) is 98.2 Å². The summed E-state index contributed by atoms with van der Waals surface area (Å²) in [5, 5.41) is 13.8. The molecule has 0 saturated carbocycles. The monoisotopic (exact) mass is 468 g/mol. The van der Waals surface area contributed by atoms with Crippen molar-refractivity contribution in [2.75, 3.05) is 20.3 Å². The summed E-state index contributed by atoms with van der Waals surface area (Å²) >= 11 is 0. The Balaban J connectivity index is 1.72. The Hall–Kier alpha value is -2.78. The van der Waals surface area contributed by atoms with Crippen molar-refractivity contribution in [1.82, 2.24) is 30.1 Å². The molecule has 1 aliphatic rings. The zero-order valence-electron chi connectivity index (χ0n) is 20.9. The van der Waals surface area contributed by atoms with Gasteiger partial charge in [-0.3, -0.25) is 9.69 Å². The maximum Gasteiger partial charge on any atom is 0.252 e. The average molecular weight is 469 g/mol. The van der Waals surface area contributed by atoms with Gasteiger partial charge in [-0.2, -0.15) is 0 Å². The molecule has 0 spiro atoms. The van der Waals surface area contributed by atoms with Gasteiger partial charge in [-0.15, -0.1) is 5.10 Å². The lowest BCUT2D eigenvalue weighted by Gasteiger charge is -2.34. The fourth-order valence-corrected chi connectivity index (χ4v) is 4.63. The molecule has 3 aromatic rings. The first-order valence-electron chi connectivity index (χ1n) is 12.2. The van der Waals surface area contributed by atoms with E-state index in [0.29, 0.717) is 18.7 Å². The molecule has 9 nitrogen and oxygen atoms in total. The van der Waals surface area contributed by atoms with Gasteiger partial charge in [0, 0.05) is 36.2 Å². The van der Waals surface area contributed by atoms with Crippen molar-refractivity contribution in [2.24, 2.45) is 0 Å². The molecule has 0 aliphatic carbocycles. The summed E-state index contributed by atoms with van der Waals surface area (Å²) < 4.78 is 13.3. The van der Waals surface area contributed by atoms with Crippen LogP contribution < -0.4 is 10.3 Å². The van der Waals surface area contributed by atoms with Gasteiger partial charge in [0.05, 0.1) is 24.8 Å². The summed E-state index contributed by atoms with van der Waals surface area (Å²) in [6.07, 6.45) is 3.93. The van der Waals surface area contributed by atoms with E-state index in [4.69, 9.17) is 9.47 Å². The minimum absolute atomic E-state index is 0.0505. The predicted molar refractivity (Wildman–Crippen MR) is 131 cm³/mol. The normalized spacial score (nSPS) is 17.5. The number of nitrogens with one attached hydrogen (secondary N) is 1. The number of hydrogen-bond acceptors (Lipinski definition) is 7. The van der Waals surface area contributed by atoms with E-state index in [-0.39, 0.29) is 23.2 Å². The predicted octanol–water partition coefficient (Wildman–Crippen LogP) is 3.80. The number of rotatable bonds is 10. The van der Waals surface area contributed by atoms with Gasteiger partial charge in [0.1, 0.15) is 5.75 Å². The number of tetrazole rings is 1. The Morgan fingerprint density at radius 2 is 2.15 bits per heavy atom. The van der Waals surface area contributed by atoms with Crippen molar-refractivity contribution in [1.29, 1.82) is 0 Å². The van der Waals surface area contributed by atoms with Crippen molar-refractivity contribution < 1.29 is 9.47 Å². The van der Waals surface area contributed by atoms with Crippen LogP contribution in [-0.2, 0) is 16.8 Å². The van der Waals surface area contributed by atoms with E-state index < -0.39 is 0 Å². The Kier molecular flexibility index (Phi) is 7.33. The third-order valence-electron chi connectivity index (χ3n) is 7.02. The summed E-state index contributed by atoms with van der Waals surface area (Å²) in [7, 11) is 1.64. The number of hydrogen-bond donors (Lipinski definition) is 1. The van der Waals surface area contributed by atoms with Crippen molar-refractivity contribution in [3.05, 3.63) is 46.0 Å². The van der Waals surface area contributed by atoms with Crippen LogP contribution in [0.5, 0.6) is 5.75 Å². The zero-order valence-corrected chi connectivity index (χ0v) is 20.9. The highest BCUT2D eigenvalue weighted by molar-refractivity contribution is 5.80. The Bertz CT molecular complexity index is 1160. The van der Waals surface area contributed by atoms with Crippen LogP contribution in [0, 0.1) is 0 Å². The molecule has 1 aromatic carbocycles. The van der Waals surface area contributed by atoms with Crippen molar-refractivity contribution in [2.45, 2.75) is 77.6 Å². The largest absolute Gasteiger partial charge is 0.497 e. The lowest BCUT2D eigenvalue weighted by Crippen LogP contribution is -2.39. The minimum Gasteiger partial charge on any atom is -0.497 e. The Labute approximate surface area is 200 Å². The third kappa shape index (κ3) is 5.00. The molecule has 2 aromatic heterocycles. The lowest BCUT2D eigenvalue weighted by atomic mass is 10.0. The van der Waals surface area contributed by atoms with Crippen LogP contribution in [0.25, 0.3) is 10.9 Å². The van der Waals surface area contributed by atoms with Crippen LogP contribution in [-0.4, -0.2) is 56.5 Å². The molecule has 2 atom stereocenters. The third-order valence-corrected chi connectivity index (χ3v) is 7.02. The molecule has 0 unspecified atom stereocenters. The minimum atomic E-state index is -0.210. The van der Waals surface area contributed by atoms with Gasteiger partial charge in [0.15, 0.2) is 5.82 Å². The van der Waals surface area contributed by atoms with E-state index in [1.807, 2.05) is 28.9 Å². The van der Waals surface area contributed by atoms with E-state index in [2.05, 4.69) is 53.1 Å². The van der Waals surface area contributed by atoms with Gasteiger partial charge in [0.25, 0.3) is 5.56 Å². The van der Waals surface area contributed by atoms with Crippen LogP contribution >= 0.6 is 0 Å². The van der Waals surface area contributed by atoms with E-state index in [1.54, 1.807) is 7.11 Å². The quantitative estimate of drug-likeness (QED) is 0.483. The van der Waals surface area contributed by atoms with Crippen molar-refractivity contribution in [3.63, 3.8) is 0 Å². The number of ether oxygens (including phenoxy) is 2. The Morgan fingerprint density at radius 1 is 1.32 bits per heavy atom. The second-order valence-electron chi connectivity index (χ2n) is 9.68. The zero-order chi connectivity index (χ0) is 24.3. The highest BCUT2D eigenvalue weighted by Crippen LogP contribution is 2.30. The summed E-state index contributed by atoms with van der Waals surface area (Å²) in [4.78, 5) is 18.4. The molecule has 0 bridgehead atoms. The standard InChI is InChI=1S/C25H36N6O3/c1-6-22(23-27-28-29-31(23)25(3,4)7-2)30(16-20-9-8-12-34-20)15-18-13-17-14-19(33-5)10-11-21(17)26-24(18)32/h10-11,13-14,20,22H,6-9,12,15-16H2,1-5H3,(H,26,32)/t20-,22-/m1/s1. The average Bonchev–Trinajstić information content (AvgIpc) is 3.52. The number of benzene rings is 1. The molecule has 3 heterocycles. The van der Waals surface area contributed by atoms with Crippen molar-refractivity contribution >= 4 is 10.9 Å². The van der Waals surface area contributed by atoms with Gasteiger partial charge >= 0.3 is 0 Å². The fourth-order valence-electron chi connectivity index (χ4n) is 4.63. The molecule has 9 heteroatoms. The van der Waals surface area contributed by atoms with Crippen LogP contribution in [0.2, 0.25) is 0 Å². The van der Waals surface area contributed by atoms with Crippen LogP contribution in [0.15, 0.2) is 29.1 Å². The first-order chi connectivity index (χ1) is 16.4. The molecule has 0 amide bonds. The highest BCUT2D eigenvalue weighted by atomic mass is 16.5. The summed E-state index contributed by atoms with van der Waals surface area (Å²) in [5.74, 6) is 1.58. The van der Waals surface area contributed by atoms with E-state index >= 15 is 0 Å². The smallest absolute Gasteiger partial charge is 0.252 e. The molecule has 4 rings (SSSR count). The highest BCUT2D eigenvalue weighted by Gasteiger charge is 2.32. The molecule has 34 heavy (non-hydrogen) atoms. The number of aromatic amines is 1. The van der Waals surface area contributed by atoms with Crippen molar-refractivity contribution in [3.8, 4) is 5.75 Å². The molecule has 1 fully saturated rings. The number of fused-ring (bicyclic) bond motifs is 1. The molecular weight excluding hydrogens is 432 g/mol. The lowest BCUT2D eigenvalue weighted by molar-refractivity contribution is 0.0475. The Morgan fingerprint density at radius 3 is 2.82 bits per heavy atom. The van der Waals surface area contributed by atoms with E-state index in [1.165, 1.54) is 0 Å². The summed E-state index contributed by atoms with van der Waals surface area (Å²) in [6.45, 7) is 10.5. The van der Waals surface area contributed by atoms with Gasteiger partial charge < -0.3 is 14.5 Å². The summed E-state index contributed by atoms with van der Waals surface area (Å²) in [6, 6.07) is 7.58. The molecule has 1 N–H and O–H groups in total. The van der Waals surface area contributed by atoms with Gasteiger partial charge in [-0.05, 0) is 74.2 Å². The summed E-state index contributed by atoms with van der Waals surface area (Å²) in [5.41, 5.74) is 1.20. The number of nitrogens with zero attached hydrogens (tertiary/aromatic N) is 5. The number of H-pyrrole nitrogens is 1. The molecule has 1 saturated heterocycles. The molecule has 1 aliphatic heterocycles. The van der Waals surface area contributed by atoms with E-state index in [0.717, 1.165) is 54.8 Å². The SMILES string of the molecule is CC[C@H](c1nnnn1C(C)(C)CC)N(Cc1cc2cc(OC)ccc2[nH]c1=O)C[C@H]1CCCO1. The van der Waals surface area contributed by atoms with Gasteiger partial charge in [0.2, 0.25) is 0 Å². The first-order valence-corrected chi connectivity index (χ1v) is 12.2. The van der Waals surface area contributed by atoms with Crippen LogP contribution in [0.1, 0.15) is 70.8 Å².